The van der Waals surface area contributed by atoms with E-state index in [9.17, 15) is 18.0 Å². The first-order valence-electron chi connectivity index (χ1n) is 7.65. The fourth-order valence-electron chi connectivity index (χ4n) is 2.51. The molecule has 4 aromatic heterocycles. The van der Waals surface area contributed by atoms with Crippen LogP contribution in [0.2, 0.25) is 0 Å². The number of aromatic nitrogens is 4. The van der Waals surface area contributed by atoms with E-state index in [1.54, 1.807) is 12.1 Å². The molecule has 4 heterocycles. The Morgan fingerprint density at radius 3 is 2.70 bits per heavy atom. The van der Waals surface area contributed by atoms with Crippen LogP contribution in [0, 0.1) is 0 Å². The van der Waals surface area contributed by atoms with Crippen LogP contribution in [0.4, 0.5) is 18.9 Å². The van der Waals surface area contributed by atoms with E-state index < -0.39 is 17.8 Å². The zero-order valence-corrected chi connectivity index (χ0v) is 13.4. The van der Waals surface area contributed by atoms with Crippen LogP contribution >= 0.6 is 0 Å². The van der Waals surface area contributed by atoms with Crippen molar-refractivity contribution in [1.82, 2.24) is 19.6 Å². The van der Waals surface area contributed by atoms with Crippen LogP contribution in [0.5, 0.6) is 0 Å². The summed E-state index contributed by atoms with van der Waals surface area (Å²) in [5.74, 6) is -0.516. The van der Waals surface area contributed by atoms with Gasteiger partial charge in [0.15, 0.2) is 17.1 Å². The average Bonchev–Trinajstić information content (AvgIpc) is 3.30. The molecule has 136 valence electrons. The highest BCUT2D eigenvalue weighted by Gasteiger charge is 2.36. The second-order valence-corrected chi connectivity index (χ2v) is 5.49. The molecule has 0 saturated heterocycles. The number of hydrogen-bond donors (Lipinski definition) is 1. The fourth-order valence-corrected chi connectivity index (χ4v) is 2.51. The molecule has 0 bridgehead atoms. The van der Waals surface area contributed by atoms with Crippen LogP contribution in [0.1, 0.15) is 16.1 Å². The molecule has 0 aromatic carbocycles. The Bertz CT molecular complexity index is 1110. The van der Waals surface area contributed by atoms with E-state index in [4.69, 9.17) is 4.42 Å². The first kappa shape index (κ1) is 16.8. The number of rotatable bonds is 3. The molecule has 1 N–H and O–H groups in total. The van der Waals surface area contributed by atoms with Gasteiger partial charge in [-0.1, -0.05) is 0 Å². The number of halogens is 3. The molecule has 7 nitrogen and oxygen atoms in total. The smallest absolute Gasteiger partial charge is 0.433 e. The number of amides is 1. The maximum absolute atomic E-state index is 13.5. The van der Waals surface area contributed by atoms with Gasteiger partial charge >= 0.3 is 6.18 Å². The largest absolute Gasteiger partial charge is 0.463 e. The van der Waals surface area contributed by atoms with Crippen LogP contribution < -0.4 is 5.32 Å². The molecule has 0 fully saturated rings. The summed E-state index contributed by atoms with van der Waals surface area (Å²) >= 11 is 0. The normalized spacial score (nSPS) is 11.7. The molecular formula is C17H10F3N5O2. The summed E-state index contributed by atoms with van der Waals surface area (Å²) in [7, 11) is 0. The quantitative estimate of drug-likeness (QED) is 0.592. The third-order valence-corrected chi connectivity index (χ3v) is 3.70. The Morgan fingerprint density at radius 2 is 2.04 bits per heavy atom. The Morgan fingerprint density at radius 1 is 1.19 bits per heavy atom. The highest BCUT2D eigenvalue weighted by molar-refractivity contribution is 6.08. The number of nitrogens with zero attached hydrogens (tertiary/aromatic N) is 4. The van der Waals surface area contributed by atoms with Gasteiger partial charge in [-0.2, -0.15) is 18.3 Å². The van der Waals surface area contributed by atoms with Gasteiger partial charge in [-0.15, -0.1) is 0 Å². The van der Waals surface area contributed by atoms with Crippen molar-refractivity contribution in [1.29, 1.82) is 0 Å². The number of fused-ring (bicyclic) bond motifs is 1. The number of hydrogen-bond acceptors (Lipinski definition) is 5. The molecule has 27 heavy (non-hydrogen) atoms. The highest BCUT2D eigenvalue weighted by atomic mass is 19.4. The maximum atomic E-state index is 13.5. The lowest BCUT2D eigenvalue weighted by Gasteiger charge is -2.10. The fraction of sp³-hybridized carbons (Fsp3) is 0.0588. The molecule has 4 rings (SSSR count). The van der Waals surface area contributed by atoms with E-state index in [0.717, 1.165) is 12.3 Å². The van der Waals surface area contributed by atoms with E-state index in [1.807, 2.05) is 0 Å². The Labute approximate surface area is 149 Å². The van der Waals surface area contributed by atoms with Crippen molar-refractivity contribution in [3.05, 3.63) is 66.4 Å². The minimum Gasteiger partial charge on any atom is -0.463 e. The molecule has 1 amide bonds. The number of pyridine rings is 1. The van der Waals surface area contributed by atoms with Gasteiger partial charge in [0.1, 0.15) is 11.3 Å². The summed E-state index contributed by atoms with van der Waals surface area (Å²) in [4.78, 5) is 20.5. The van der Waals surface area contributed by atoms with Gasteiger partial charge in [-0.25, -0.2) is 9.50 Å². The molecule has 10 heteroatoms. The zero-order chi connectivity index (χ0) is 19.0. The van der Waals surface area contributed by atoms with Crippen molar-refractivity contribution in [2.45, 2.75) is 6.18 Å². The van der Waals surface area contributed by atoms with E-state index in [1.165, 1.54) is 30.8 Å². The van der Waals surface area contributed by atoms with Gasteiger partial charge in [0.2, 0.25) is 0 Å². The standard InChI is InChI=1S/C17H10F3N5O2/c18-17(19,20)14-7-12(13-4-2-6-27-13)24-15-11(9-22-25(14)15)16(26)23-10-3-1-5-21-8-10/h1-9H,(H,23,26). The monoisotopic (exact) mass is 373 g/mol. The predicted molar refractivity (Wildman–Crippen MR) is 87.9 cm³/mol. The van der Waals surface area contributed by atoms with Gasteiger partial charge in [0, 0.05) is 6.20 Å². The van der Waals surface area contributed by atoms with E-state index >= 15 is 0 Å². The minimum absolute atomic E-state index is 0.0595. The number of alkyl halides is 3. The van der Waals surface area contributed by atoms with Crippen molar-refractivity contribution in [2.24, 2.45) is 0 Å². The number of carbonyl (C=O) groups is 1. The van der Waals surface area contributed by atoms with Gasteiger partial charge in [0.05, 0.1) is 24.3 Å². The summed E-state index contributed by atoms with van der Waals surface area (Å²) in [6, 6.07) is 7.04. The molecule has 0 aliphatic carbocycles. The molecule has 4 aromatic rings. The number of carbonyl (C=O) groups excluding carboxylic acids is 1. The summed E-state index contributed by atoms with van der Waals surface area (Å²) in [6.07, 6.45) is 0.589. The highest BCUT2D eigenvalue weighted by Crippen LogP contribution is 2.32. The third-order valence-electron chi connectivity index (χ3n) is 3.70. The first-order valence-corrected chi connectivity index (χ1v) is 7.65. The Hall–Kier alpha value is -3.69. The summed E-state index contributed by atoms with van der Waals surface area (Å²) in [5.41, 5.74) is -1.09. The number of anilines is 1. The van der Waals surface area contributed by atoms with Crippen molar-refractivity contribution in [3.8, 4) is 11.5 Å². The topological polar surface area (TPSA) is 85.3 Å². The predicted octanol–water partition coefficient (Wildman–Crippen LogP) is 3.66. The molecule has 0 radical (unpaired) electrons. The minimum atomic E-state index is -4.70. The second kappa shape index (κ2) is 6.24. The van der Waals surface area contributed by atoms with E-state index in [2.05, 4.69) is 20.4 Å². The zero-order valence-electron chi connectivity index (χ0n) is 13.4. The maximum Gasteiger partial charge on any atom is 0.433 e. The van der Waals surface area contributed by atoms with E-state index in [-0.39, 0.29) is 22.7 Å². The lowest BCUT2D eigenvalue weighted by atomic mass is 10.2. The van der Waals surface area contributed by atoms with Crippen molar-refractivity contribution < 1.29 is 22.4 Å². The lowest BCUT2D eigenvalue weighted by Crippen LogP contribution is -2.15. The molecule has 0 saturated carbocycles. The Kier molecular flexibility index (Phi) is 3.87. The van der Waals surface area contributed by atoms with Crippen LogP contribution in [-0.4, -0.2) is 25.5 Å². The van der Waals surface area contributed by atoms with E-state index in [0.29, 0.717) is 10.2 Å². The summed E-state index contributed by atoms with van der Waals surface area (Å²) in [6.45, 7) is 0. The molecular weight excluding hydrogens is 363 g/mol. The van der Waals surface area contributed by atoms with Crippen LogP contribution in [-0.2, 0) is 6.18 Å². The van der Waals surface area contributed by atoms with Crippen molar-refractivity contribution in [3.63, 3.8) is 0 Å². The summed E-state index contributed by atoms with van der Waals surface area (Å²) in [5, 5.41) is 6.25. The van der Waals surface area contributed by atoms with Crippen LogP contribution in [0.15, 0.2) is 59.6 Å². The van der Waals surface area contributed by atoms with Gasteiger partial charge in [-0.05, 0) is 30.3 Å². The SMILES string of the molecule is O=C(Nc1cccnc1)c1cnn2c(C(F)(F)F)cc(-c3ccco3)nc12. The van der Waals surface area contributed by atoms with Crippen molar-refractivity contribution in [2.75, 3.05) is 5.32 Å². The van der Waals surface area contributed by atoms with Gasteiger partial charge in [0.25, 0.3) is 5.91 Å². The van der Waals surface area contributed by atoms with Gasteiger partial charge < -0.3 is 9.73 Å². The first-order chi connectivity index (χ1) is 12.9. The molecule has 0 atom stereocenters. The van der Waals surface area contributed by atoms with Crippen molar-refractivity contribution >= 4 is 17.2 Å². The van der Waals surface area contributed by atoms with Crippen LogP contribution in [0.3, 0.4) is 0 Å². The Balaban J connectivity index is 1.85. The number of furan rings is 1. The summed E-state index contributed by atoms with van der Waals surface area (Å²) < 4.78 is 46.1. The molecule has 0 aliphatic heterocycles. The van der Waals surface area contributed by atoms with Gasteiger partial charge in [-0.3, -0.25) is 9.78 Å². The van der Waals surface area contributed by atoms with Crippen LogP contribution in [0.25, 0.3) is 17.1 Å². The second-order valence-electron chi connectivity index (χ2n) is 5.49. The average molecular weight is 373 g/mol. The molecule has 0 unspecified atom stereocenters. The third kappa shape index (κ3) is 3.12. The molecule has 0 aliphatic rings. The lowest BCUT2D eigenvalue weighted by molar-refractivity contribution is -0.142. The number of nitrogens with one attached hydrogen (secondary N) is 1. The molecule has 0 spiro atoms.